The highest BCUT2D eigenvalue weighted by Gasteiger charge is 2.19. The monoisotopic (exact) mass is 293 g/mol. The average Bonchev–Trinajstić information content (AvgIpc) is 2.49. The fourth-order valence-corrected chi connectivity index (χ4v) is 2.21. The molecule has 2 aromatic carbocycles. The molecule has 1 nitrogen and oxygen atoms in total. The highest BCUT2D eigenvalue weighted by Crippen LogP contribution is 2.11. The van der Waals surface area contributed by atoms with Crippen molar-refractivity contribution < 1.29 is 13.2 Å². The molecule has 0 fully saturated rings. The average molecular weight is 293 g/mol. The van der Waals surface area contributed by atoms with Gasteiger partial charge in [0.2, 0.25) is 0 Å². The molecular formula is C17H18F3N. The quantitative estimate of drug-likeness (QED) is 0.818. The zero-order chi connectivity index (χ0) is 15.1. The summed E-state index contributed by atoms with van der Waals surface area (Å²) < 4.78 is 39.6. The molecule has 0 aromatic heterocycles. The molecular weight excluding hydrogens is 275 g/mol. The van der Waals surface area contributed by atoms with Crippen LogP contribution in [0.3, 0.4) is 0 Å². The molecule has 0 unspecified atom stereocenters. The third kappa shape index (κ3) is 4.90. The standard InChI is InChI=1S/C17H18F3N/c18-15-9-5-4-8-14(15)10-11-21-16(17(19)20)12-13-6-2-1-3-7-13/h1-9,16-17,21H,10-12H2/t16-/m0/s1. The summed E-state index contributed by atoms with van der Waals surface area (Å²) in [5.41, 5.74) is 1.40. The SMILES string of the molecule is Fc1ccccc1CCN[C@@H](Cc1ccccc1)C(F)F. The Labute approximate surface area is 122 Å². The second kappa shape index (κ2) is 7.84. The van der Waals surface area contributed by atoms with E-state index in [1.807, 2.05) is 30.3 Å². The van der Waals surface area contributed by atoms with Gasteiger partial charge in [0.15, 0.2) is 0 Å². The van der Waals surface area contributed by atoms with Crippen LogP contribution < -0.4 is 5.32 Å². The second-order valence-electron chi connectivity index (χ2n) is 4.93. The van der Waals surface area contributed by atoms with Gasteiger partial charge in [0.1, 0.15) is 5.82 Å². The third-order valence-corrected chi connectivity index (χ3v) is 3.36. The molecule has 21 heavy (non-hydrogen) atoms. The maximum Gasteiger partial charge on any atom is 0.254 e. The predicted molar refractivity (Wildman–Crippen MR) is 78.0 cm³/mol. The Morgan fingerprint density at radius 3 is 2.24 bits per heavy atom. The molecule has 0 saturated heterocycles. The van der Waals surface area contributed by atoms with Gasteiger partial charge >= 0.3 is 0 Å². The fourth-order valence-electron chi connectivity index (χ4n) is 2.21. The minimum Gasteiger partial charge on any atom is -0.308 e. The lowest BCUT2D eigenvalue weighted by Crippen LogP contribution is -2.38. The summed E-state index contributed by atoms with van der Waals surface area (Å²) in [7, 11) is 0. The number of hydrogen-bond donors (Lipinski definition) is 1. The van der Waals surface area contributed by atoms with E-state index >= 15 is 0 Å². The summed E-state index contributed by atoms with van der Waals surface area (Å²) in [5.74, 6) is -0.295. The fraction of sp³-hybridized carbons (Fsp3) is 0.294. The Kier molecular flexibility index (Phi) is 5.81. The van der Waals surface area contributed by atoms with Gasteiger partial charge in [0.25, 0.3) is 6.43 Å². The van der Waals surface area contributed by atoms with Crippen LogP contribution in [0.1, 0.15) is 11.1 Å². The number of benzene rings is 2. The molecule has 0 aliphatic rings. The molecule has 0 aliphatic carbocycles. The summed E-state index contributed by atoms with van der Waals surface area (Å²) in [6.07, 6.45) is -1.80. The van der Waals surface area contributed by atoms with E-state index in [4.69, 9.17) is 0 Å². The molecule has 1 atom stereocenters. The van der Waals surface area contributed by atoms with Gasteiger partial charge in [-0.1, -0.05) is 48.5 Å². The summed E-state index contributed by atoms with van der Waals surface area (Å²) in [6, 6.07) is 14.7. The highest BCUT2D eigenvalue weighted by atomic mass is 19.3. The van der Waals surface area contributed by atoms with Gasteiger partial charge in [0, 0.05) is 0 Å². The molecule has 0 heterocycles. The summed E-state index contributed by atoms with van der Waals surface area (Å²) in [4.78, 5) is 0. The van der Waals surface area contributed by atoms with E-state index in [9.17, 15) is 13.2 Å². The zero-order valence-electron chi connectivity index (χ0n) is 11.6. The third-order valence-electron chi connectivity index (χ3n) is 3.36. The van der Waals surface area contributed by atoms with Crippen LogP contribution in [-0.4, -0.2) is 19.0 Å². The first-order chi connectivity index (χ1) is 10.2. The van der Waals surface area contributed by atoms with E-state index in [1.54, 1.807) is 18.2 Å². The molecule has 2 rings (SSSR count). The first kappa shape index (κ1) is 15.6. The number of rotatable bonds is 7. The summed E-state index contributed by atoms with van der Waals surface area (Å²) >= 11 is 0. The van der Waals surface area contributed by atoms with Crippen LogP contribution in [0.5, 0.6) is 0 Å². The maximum atomic E-state index is 13.4. The van der Waals surface area contributed by atoms with Crippen molar-refractivity contribution in [2.24, 2.45) is 0 Å². The van der Waals surface area contributed by atoms with E-state index in [-0.39, 0.29) is 12.2 Å². The van der Waals surface area contributed by atoms with E-state index in [2.05, 4.69) is 5.32 Å². The summed E-state index contributed by atoms with van der Waals surface area (Å²) in [5, 5.41) is 2.83. The van der Waals surface area contributed by atoms with Crippen molar-refractivity contribution in [3.8, 4) is 0 Å². The first-order valence-corrected chi connectivity index (χ1v) is 6.95. The van der Waals surface area contributed by atoms with Crippen LogP contribution >= 0.6 is 0 Å². The van der Waals surface area contributed by atoms with Gasteiger partial charge < -0.3 is 5.32 Å². The van der Waals surface area contributed by atoms with Crippen molar-refractivity contribution >= 4 is 0 Å². The largest absolute Gasteiger partial charge is 0.308 e. The predicted octanol–water partition coefficient (Wildman–Crippen LogP) is 3.83. The zero-order valence-corrected chi connectivity index (χ0v) is 11.6. The molecule has 0 radical (unpaired) electrons. The van der Waals surface area contributed by atoms with E-state index in [0.29, 0.717) is 18.5 Å². The number of nitrogens with one attached hydrogen (secondary N) is 1. The lowest BCUT2D eigenvalue weighted by molar-refractivity contribution is 0.0984. The number of hydrogen-bond acceptors (Lipinski definition) is 1. The normalized spacial score (nSPS) is 12.6. The van der Waals surface area contributed by atoms with Crippen LogP contribution in [-0.2, 0) is 12.8 Å². The Morgan fingerprint density at radius 1 is 0.905 bits per heavy atom. The molecule has 1 N–H and O–H groups in total. The van der Waals surface area contributed by atoms with Crippen LogP contribution in [0.25, 0.3) is 0 Å². The van der Waals surface area contributed by atoms with Crippen LogP contribution in [0.2, 0.25) is 0 Å². The maximum absolute atomic E-state index is 13.4. The molecule has 0 saturated carbocycles. The number of halogens is 3. The lowest BCUT2D eigenvalue weighted by atomic mass is 10.1. The van der Waals surface area contributed by atoms with Gasteiger partial charge in [-0.25, -0.2) is 13.2 Å². The number of alkyl halides is 2. The van der Waals surface area contributed by atoms with Gasteiger partial charge in [-0.3, -0.25) is 0 Å². The van der Waals surface area contributed by atoms with Crippen LogP contribution in [0.4, 0.5) is 13.2 Å². The van der Waals surface area contributed by atoms with Crippen molar-refractivity contribution in [1.29, 1.82) is 0 Å². The first-order valence-electron chi connectivity index (χ1n) is 6.95. The second-order valence-corrected chi connectivity index (χ2v) is 4.93. The topological polar surface area (TPSA) is 12.0 Å². The van der Waals surface area contributed by atoms with Gasteiger partial charge in [0.05, 0.1) is 6.04 Å². The molecule has 0 spiro atoms. The van der Waals surface area contributed by atoms with Crippen LogP contribution in [0, 0.1) is 5.82 Å². The Hall–Kier alpha value is -1.81. The van der Waals surface area contributed by atoms with E-state index < -0.39 is 12.5 Å². The Bertz CT molecular complexity index is 543. The minimum atomic E-state index is -2.45. The highest BCUT2D eigenvalue weighted by molar-refractivity contribution is 5.18. The lowest BCUT2D eigenvalue weighted by Gasteiger charge is -2.18. The van der Waals surface area contributed by atoms with Gasteiger partial charge in [-0.05, 0) is 36.6 Å². The smallest absolute Gasteiger partial charge is 0.254 e. The van der Waals surface area contributed by atoms with Crippen molar-refractivity contribution in [2.45, 2.75) is 25.3 Å². The van der Waals surface area contributed by atoms with Crippen LogP contribution in [0.15, 0.2) is 54.6 Å². The molecule has 112 valence electrons. The van der Waals surface area contributed by atoms with Gasteiger partial charge in [-0.15, -0.1) is 0 Å². The van der Waals surface area contributed by atoms with E-state index in [1.165, 1.54) is 6.07 Å². The molecule has 0 aliphatic heterocycles. The minimum absolute atomic E-state index is 0.260. The van der Waals surface area contributed by atoms with Crippen molar-refractivity contribution in [1.82, 2.24) is 5.32 Å². The van der Waals surface area contributed by atoms with Gasteiger partial charge in [-0.2, -0.15) is 0 Å². The van der Waals surface area contributed by atoms with Crippen molar-refractivity contribution in [3.63, 3.8) is 0 Å². The molecule has 2 aromatic rings. The molecule has 4 heteroatoms. The molecule has 0 bridgehead atoms. The van der Waals surface area contributed by atoms with Crippen molar-refractivity contribution in [3.05, 3.63) is 71.5 Å². The Balaban J connectivity index is 1.87. The van der Waals surface area contributed by atoms with Crippen molar-refractivity contribution in [2.75, 3.05) is 6.54 Å². The molecule has 0 amide bonds. The van der Waals surface area contributed by atoms with E-state index in [0.717, 1.165) is 5.56 Å². The summed E-state index contributed by atoms with van der Waals surface area (Å²) in [6.45, 7) is 0.322. The Morgan fingerprint density at radius 2 is 1.57 bits per heavy atom.